The summed E-state index contributed by atoms with van der Waals surface area (Å²) in [6.45, 7) is 4.10. The molecule has 0 heterocycles. The van der Waals surface area contributed by atoms with Gasteiger partial charge in [0.25, 0.3) is 0 Å². The molecule has 0 rings (SSSR count). The van der Waals surface area contributed by atoms with Crippen LogP contribution in [0.25, 0.3) is 0 Å². The highest BCUT2D eigenvalue weighted by atomic mass is 79.9. The number of esters is 2. The molecular formula is C28H48Br2O7. The van der Waals surface area contributed by atoms with Crippen LogP contribution in [0.3, 0.4) is 0 Å². The molecule has 9 heteroatoms. The number of allylic oxidation sites excluding steroid dienone is 4. The highest BCUT2D eigenvalue weighted by Crippen LogP contribution is 2.24. The zero-order valence-corrected chi connectivity index (χ0v) is 26.7. The van der Waals surface area contributed by atoms with Gasteiger partial charge in [-0.15, -0.1) is 0 Å². The van der Waals surface area contributed by atoms with Crippen LogP contribution in [0.15, 0.2) is 23.3 Å². The second kappa shape index (κ2) is 23.2. The zero-order valence-electron chi connectivity index (χ0n) is 23.6. The van der Waals surface area contributed by atoms with Gasteiger partial charge in [0.15, 0.2) is 12.6 Å². The van der Waals surface area contributed by atoms with Gasteiger partial charge in [0.05, 0.1) is 14.2 Å². The number of alkyl halides is 2. The van der Waals surface area contributed by atoms with Gasteiger partial charge in [0.1, 0.15) is 0 Å². The third-order valence-corrected chi connectivity index (χ3v) is 8.19. The summed E-state index contributed by atoms with van der Waals surface area (Å²) in [5, 5.41) is 1.71. The topological polar surface area (TPSA) is 80.3 Å². The molecule has 0 spiro atoms. The van der Waals surface area contributed by atoms with Gasteiger partial charge in [-0.2, -0.15) is 0 Å². The molecule has 4 atom stereocenters. The fourth-order valence-corrected chi connectivity index (χ4v) is 4.96. The lowest BCUT2D eigenvalue weighted by Crippen LogP contribution is -2.29. The van der Waals surface area contributed by atoms with Crippen LogP contribution < -0.4 is 0 Å². The minimum absolute atomic E-state index is 0.178. The monoisotopic (exact) mass is 654 g/mol. The van der Waals surface area contributed by atoms with E-state index in [4.69, 9.17) is 23.7 Å². The van der Waals surface area contributed by atoms with Gasteiger partial charge in [-0.25, -0.2) is 0 Å². The molecule has 0 N–H and O–H groups in total. The molecule has 0 aromatic carbocycles. The lowest BCUT2D eigenvalue weighted by Gasteiger charge is -2.27. The zero-order chi connectivity index (χ0) is 28.1. The molecule has 37 heavy (non-hydrogen) atoms. The maximum atomic E-state index is 11.3. The summed E-state index contributed by atoms with van der Waals surface area (Å²) in [5.41, 5.74) is 2.40. The van der Waals surface area contributed by atoms with Crippen LogP contribution in [-0.2, 0) is 33.3 Å². The van der Waals surface area contributed by atoms with Crippen molar-refractivity contribution in [3.8, 4) is 0 Å². The Morgan fingerprint density at radius 2 is 1.05 bits per heavy atom. The number of methoxy groups -OCH3 is 4. The van der Waals surface area contributed by atoms with Gasteiger partial charge >= 0.3 is 11.9 Å². The molecule has 0 saturated heterocycles. The lowest BCUT2D eigenvalue weighted by molar-refractivity contribution is -0.238. The molecule has 0 aliphatic carbocycles. The van der Waals surface area contributed by atoms with Crippen molar-refractivity contribution in [3.05, 3.63) is 23.3 Å². The van der Waals surface area contributed by atoms with E-state index >= 15 is 0 Å². The summed E-state index contributed by atoms with van der Waals surface area (Å²) >= 11 is 7.27. The van der Waals surface area contributed by atoms with Crippen molar-refractivity contribution in [2.24, 2.45) is 11.8 Å². The van der Waals surface area contributed by atoms with E-state index in [0.29, 0.717) is 24.7 Å². The van der Waals surface area contributed by atoms with E-state index in [0.717, 1.165) is 62.0 Å². The fourth-order valence-electron chi connectivity index (χ4n) is 3.78. The van der Waals surface area contributed by atoms with Crippen LogP contribution in [0.5, 0.6) is 0 Å². The SMILES string of the molecule is COC(=O)CCC(C)=CCCC(CBr)CC(OC)OC(CC(CBr)CCC=C(C)CCC(=O)OC)OC. The van der Waals surface area contributed by atoms with Gasteiger partial charge in [0.2, 0.25) is 0 Å². The standard InChI is InChI=1S/C28H48Br2O7/c1-21(13-15-25(31)33-3)9-7-11-23(19-29)17-27(35-5)37-28(36-6)18-24(20-30)12-8-10-22(2)14-16-26(32)34-4/h9-10,23-24,27-28H,7-8,11-20H2,1-6H3. The second-order valence-electron chi connectivity index (χ2n) is 9.39. The van der Waals surface area contributed by atoms with E-state index in [2.05, 4.69) is 57.9 Å². The van der Waals surface area contributed by atoms with Crippen LogP contribution in [0.2, 0.25) is 0 Å². The van der Waals surface area contributed by atoms with Gasteiger partial charge < -0.3 is 23.7 Å². The molecule has 0 amide bonds. The van der Waals surface area contributed by atoms with Gasteiger partial charge in [0, 0.05) is 50.6 Å². The van der Waals surface area contributed by atoms with E-state index in [9.17, 15) is 9.59 Å². The Bertz CT molecular complexity index is 625. The van der Waals surface area contributed by atoms with Crippen molar-refractivity contribution < 1.29 is 33.3 Å². The highest BCUT2D eigenvalue weighted by Gasteiger charge is 2.22. The number of halogens is 2. The third-order valence-electron chi connectivity index (χ3n) is 6.36. The first-order chi connectivity index (χ1) is 17.7. The van der Waals surface area contributed by atoms with Crippen LogP contribution in [0.4, 0.5) is 0 Å². The minimum atomic E-state index is -0.353. The molecule has 216 valence electrons. The van der Waals surface area contributed by atoms with Gasteiger partial charge in [-0.05, 0) is 64.2 Å². The molecule has 0 saturated carbocycles. The number of rotatable bonds is 22. The first kappa shape index (κ1) is 36.3. The third kappa shape index (κ3) is 19.0. The summed E-state index contributed by atoms with van der Waals surface area (Å²) < 4.78 is 26.9. The first-order valence-electron chi connectivity index (χ1n) is 13.0. The molecule has 7 nitrogen and oxygen atoms in total. The molecule has 4 unspecified atom stereocenters. The Balaban J connectivity index is 4.66. The number of ether oxygens (including phenoxy) is 5. The molecule has 0 fully saturated rings. The van der Waals surface area contributed by atoms with E-state index in [1.54, 1.807) is 14.2 Å². The average molecular weight is 656 g/mol. The van der Waals surface area contributed by atoms with Crippen LogP contribution >= 0.6 is 31.9 Å². The minimum Gasteiger partial charge on any atom is -0.469 e. The van der Waals surface area contributed by atoms with Crippen molar-refractivity contribution in [3.63, 3.8) is 0 Å². The van der Waals surface area contributed by atoms with E-state index in [-0.39, 0.29) is 24.5 Å². The molecule has 0 aliphatic heterocycles. The van der Waals surface area contributed by atoms with Gasteiger partial charge in [-0.3, -0.25) is 9.59 Å². The number of carbonyl (C=O) groups is 2. The molecule has 0 bridgehead atoms. The molecule has 0 radical (unpaired) electrons. The Morgan fingerprint density at radius 3 is 1.35 bits per heavy atom. The van der Waals surface area contributed by atoms with Crippen LogP contribution in [0.1, 0.15) is 78.1 Å². The first-order valence-corrected chi connectivity index (χ1v) is 15.2. The quantitative estimate of drug-likeness (QED) is 0.0532. The maximum Gasteiger partial charge on any atom is 0.305 e. The number of hydrogen-bond acceptors (Lipinski definition) is 7. The maximum absolute atomic E-state index is 11.3. The van der Waals surface area contributed by atoms with Crippen molar-refractivity contribution in [1.29, 1.82) is 0 Å². The summed E-state index contributed by atoms with van der Waals surface area (Å²) in [4.78, 5) is 22.6. The summed E-state index contributed by atoms with van der Waals surface area (Å²) in [7, 11) is 6.17. The Kier molecular flexibility index (Phi) is 22.7. The summed E-state index contributed by atoms with van der Waals surface area (Å²) in [5.74, 6) is 0.417. The second-order valence-corrected chi connectivity index (χ2v) is 10.7. The van der Waals surface area contributed by atoms with E-state index in [1.807, 2.05) is 0 Å². The lowest BCUT2D eigenvalue weighted by atomic mass is 9.99. The summed E-state index contributed by atoms with van der Waals surface area (Å²) in [6.07, 6.45) is 11.4. The van der Waals surface area contributed by atoms with E-state index < -0.39 is 0 Å². The smallest absolute Gasteiger partial charge is 0.305 e. The summed E-state index contributed by atoms with van der Waals surface area (Å²) in [6, 6.07) is 0. The van der Waals surface area contributed by atoms with Gasteiger partial charge in [-0.1, -0.05) is 55.2 Å². The number of carbonyl (C=O) groups excluding carboxylic acids is 2. The van der Waals surface area contributed by atoms with Crippen molar-refractivity contribution >= 4 is 43.8 Å². The van der Waals surface area contributed by atoms with Crippen LogP contribution in [0, 0.1) is 11.8 Å². The highest BCUT2D eigenvalue weighted by molar-refractivity contribution is 9.09. The molecule has 0 aromatic rings. The van der Waals surface area contributed by atoms with Crippen molar-refractivity contribution in [1.82, 2.24) is 0 Å². The average Bonchev–Trinajstić information content (AvgIpc) is 2.91. The van der Waals surface area contributed by atoms with Crippen molar-refractivity contribution in [2.75, 3.05) is 39.1 Å². The van der Waals surface area contributed by atoms with E-state index in [1.165, 1.54) is 25.4 Å². The van der Waals surface area contributed by atoms with Crippen LogP contribution in [-0.4, -0.2) is 63.6 Å². The Labute approximate surface area is 241 Å². The normalized spacial score (nSPS) is 15.7. The van der Waals surface area contributed by atoms with Crippen molar-refractivity contribution in [2.45, 2.75) is 90.6 Å². The predicted octanol–water partition coefficient (Wildman–Crippen LogP) is 7.11. The molecular weight excluding hydrogens is 608 g/mol. The molecule has 0 aromatic heterocycles. The largest absolute Gasteiger partial charge is 0.469 e. The molecule has 0 aliphatic rings. The fraction of sp³-hybridized carbons (Fsp3) is 0.786. The Morgan fingerprint density at radius 1 is 0.676 bits per heavy atom. The predicted molar refractivity (Wildman–Crippen MR) is 155 cm³/mol. The Hall–Kier alpha value is -0.740. The number of hydrogen-bond donors (Lipinski definition) is 0.